The fourth-order valence-electron chi connectivity index (χ4n) is 1.96. The van der Waals surface area contributed by atoms with Crippen LogP contribution in [-0.2, 0) is 4.79 Å². The van der Waals surface area contributed by atoms with Crippen LogP contribution in [0.2, 0.25) is 0 Å². The van der Waals surface area contributed by atoms with Crippen molar-refractivity contribution in [3.63, 3.8) is 0 Å². The average molecular weight is 402 g/mol. The molecule has 2 rings (SSSR count). The summed E-state index contributed by atoms with van der Waals surface area (Å²) >= 11 is 3.32. The van der Waals surface area contributed by atoms with Crippen molar-refractivity contribution < 1.29 is 14.3 Å². The van der Waals surface area contributed by atoms with Crippen LogP contribution in [0.5, 0.6) is 11.5 Å². The molecule has 0 fully saturated rings. The summed E-state index contributed by atoms with van der Waals surface area (Å²) in [5.41, 5.74) is 1.09. The minimum Gasteiger partial charge on any atom is -0.497 e. The lowest BCUT2D eigenvalue weighted by atomic mass is 10.2. The van der Waals surface area contributed by atoms with Crippen molar-refractivity contribution in [3.8, 4) is 17.6 Å². The van der Waals surface area contributed by atoms with E-state index in [0.29, 0.717) is 22.9 Å². The molecule has 2 aromatic rings. The van der Waals surface area contributed by atoms with E-state index in [9.17, 15) is 10.1 Å². The minimum atomic E-state index is -0.515. The van der Waals surface area contributed by atoms with Crippen molar-refractivity contribution in [2.45, 2.75) is 0 Å². The smallest absolute Gasteiger partial charge is 0.267 e. The van der Waals surface area contributed by atoms with E-state index in [1.165, 1.54) is 13.3 Å². The van der Waals surface area contributed by atoms with Gasteiger partial charge in [0.2, 0.25) is 0 Å². The molecule has 0 aliphatic carbocycles. The number of methoxy groups -OCH3 is 2. The van der Waals surface area contributed by atoms with E-state index in [4.69, 9.17) is 9.47 Å². The predicted molar refractivity (Wildman–Crippen MR) is 99.6 cm³/mol. The molecule has 25 heavy (non-hydrogen) atoms. The molecule has 0 heterocycles. The third-order valence-corrected chi connectivity index (χ3v) is 3.77. The lowest BCUT2D eigenvalue weighted by Gasteiger charge is -2.10. The lowest BCUT2D eigenvalue weighted by Crippen LogP contribution is -2.14. The van der Waals surface area contributed by atoms with Crippen molar-refractivity contribution in [2.75, 3.05) is 24.9 Å². The summed E-state index contributed by atoms with van der Waals surface area (Å²) < 4.78 is 11.3. The molecule has 0 radical (unpaired) electrons. The summed E-state index contributed by atoms with van der Waals surface area (Å²) in [6, 6.07) is 14.1. The van der Waals surface area contributed by atoms with E-state index >= 15 is 0 Å². The molecule has 0 atom stereocenters. The molecule has 0 aliphatic heterocycles. The molecule has 0 saturated heterocycles. The number of ether oxygens (including phenoxy) is 2. The molecule has 6 nitrogen and oxygen atoms in total. The van der Waals surface area contributed by atoms with E-state index in [0.717, 1.165) is 4.47 Å². The molecule has 0 spiro atoms. The van der Waals surface area contributed by atoms with Crippen LogP contribution in [0.4, 0.5) is 11.4 Å². The first-order chi connectivity index (χ1) is 12.1. The number of nitrogens with one attached hydrogen (secondary N) is 2. The summed E-state index contributed by atoms with van der Waals surface area (Å²) in [5.74, 6) is 0.663. The summed E-state index contributed by atoms with van der Waals surface area (Å²) in [6.07, 6.45) is 1.32. The Morgan fingerprint density at radius 1 is 1.16 bits per heavy atom. The molecule has 0 unspecified atom stereocenters. The summed E-state index contributed by atoms with van der Waals surface area (Å²) in [6.45, 7) is 0. The second kappa shape index (κ2) is 8.76. The molecule has 0 bridgehead atoms. The number of anilines is 2. The highest BCUT2D eigenvalue weighted by Crippen LogP contribution is 2.29. The third kappa shape index (κ3) is 4.99. The van der Waals surface area contributed by atoms with Gasteiger partial charge in [-0.25, -0.2) is 0 Å². The number of nitrogens with zero attached hydrogens (tertiary/aromatic N) is 1. The van der Waals surface area contributed by atoms with E-state index < -0.39 is 5.91 Å². The topological polar surface area (TPSA) is 83.4 Å². The Kier molecular flexibility index (Phi) is 6.43. The number of rotatable bonds is 6. The van der Waals surface area contributed by atoms with Crippen molar-refractivity contribution in [1.82, 2.24) is 0 Å². The minimum absolute atomic E-state index is 0.0761. The maximum absolute atomic E-state index is 12.2. The second-order valence-corrected chi connectivity index (χ2v) is 5.76. The number of amides is 1. The fraction of sp³-hybridized carbons (Fsp3) is 0.111. The monoisotopic (exact) mass is 401 g/mol. The number of benzene rings is 2. The number of carbonyl (C=O) groups excluding carboxylic acids is 1. The maximum atomic E-state index is 12.2. The van der Waals surface area contributed by atoms with Crippen LogP contribution in [0.25, 0.3) is 0 Å². The van der Waals surface area contributed by atoms with Gasteiger partial charge in [0.1, 0.15) is 23.1 Å². The zero-order valence-corrected chi connectivity index (χ0v) is 15.3. The fourth-order valence-corrected chi connectivity index (χ4v) is 2.22. The maximum Gasteiger partial charge on any atom is 0.267 e. The Balaban J connectivity index is 2.16. The quantitative estimate of drug-likeness (QED) is 0.565. The second-order valence-electron chi connectivity index (χ2n) is 4.84. The normalized spacial score (nSPS) is 10.6. The molecular formula is C18H16BrN3O3. The Morgan fingerprint density at radius 3 is 2.48 bits per heavy atom. The van der Waals surface area contributed by atoms with Crippen molar-refractivity contribution in [2.24, 2.45) is 0 Å². The van der Waals surface area contributed by atoms with Crippen LogP contribution in [0.15, 0.2) is 58.7 Å². The molecule has 2 aromatic carbocycles. The Morgan fingerprint density at radius 2 is 1.88 bits per heavy atom. The summed E-state index contributed by atoms with van der Waals surface area (Å²) in [4.78, 5) is 12.2. The zero-order chi connectivity index (χ0) is 18.2. The van der Waals surface area contributed by atoms with Crippen LogP contribution in [0.3, 0.4) is 0 Å². The standard InChI is InChI=1S/C18H16BrN3O3/c1-24-15-7-8-17(25-2)16(9-15)21-11-12(10-20)18(23)22-14-5-3-13(19)4-6-14/h3-9,11,21H,1-2H3,(H,22,23)/b12-11-. The van der Waals surface area contributed by atoms with E-state index in [1.54, 1.807) is 49.6 Å². The van der Waals surface area contributed by atoms with Crippen LogP contribution >= 0.6 is 15.9 Å². The predicted octanol–water partition coefficient (Wildman–Crippen LogP) is 3.92. The number of hydrogen-bond donors (Lipinski definition) is 2. The van der Waals surface area contributed by atoms with Crippen LogP contribution < -0.4 is 20.1 Å². The van der Waals surface area contributed by atoms with Gasteiger partial charge in [-0.15, -0.1) is 0 Å². The highest BCUT2D eigenvalue weighted by Gasteiger charge is 2.10. The highest BCUT2D eigenvalue weighted by atomic mass is 79.9. The number of carbonyl (C=O) groups is 1. The van der Waals surface area contributed by atoms with Gasteiger partial charge >= 0.3 is 0 Å². The van der Waals surface area contributed by atoms with Gasteiger partial charge in [-0.1, -0.05) is 15.9 Å². The molecule has 2 N–H and O–H groups in total. The molecule has 0 aromatic heterocycles. The van der Waals surface area contributed by atoms with Gasteiger partial charge < -0.3 is 20.1 Å². The van der Waals surface area contributed by atoms with Gasteiger partial charge in [0.05, 0.1) is 19.9 Å². The molecule has 0 saturated carbocycles. The highest BCUT2D eigenvalue weighted by molar-refractivity contribution is 9.10. The molecule has 0 aliphatic rings. The summed E-state index contributed by atoms with van der Waals surface area (Å²) in [7, 11) is 3.08. The summed E-state index contributed by atoms with van der Waals surface area (Å²) in [5, 5.41) is 14.8. The Hall–Kier alpha value is -2.98. The van der Waals surface area contributed by atoms with Gasteiger partial charge in [-0.2, -0.15) is 5.26 Å². The van der Waals surface area contributed by atoms with E-state index in [2.05, 4.69) is 26.6 Å². The number of halogens is 1. The van der Waals surface area contributed by atoms with Crippen LogP contribution in [0, 0.1) is 11.3 Å². The number of hydrogen-bond acceptors (Lipinski definition) is 5. The molecular weight excluding hydrogens is 386 g/mol. The van der Waals surface area contributed by atoms with Gasteiger partial charge in [0.25, 0.3) is 5.91 Å². The molecule has 1 amide bonds. The Bertz CT molecular complexity index is 826. The molecule has 7 heteroatoms. The average Bonchev–Trinajstić information content (AvgIpc) is 2.64. The Labute approximate surface area is 154 Å². The van der Waals surface area contributed by atoms with Crippen molar-refractivity contribution >= 4 is 33.2 Å². The largest absolute Gasteiger partial charge is 0.497 e. The van der Waals surface area contributed by atoms with Crippen LogP contribution in [-0.4, -0.2) is 20.1 Å². The third-order valence-electron chi connectivity index (χ3n) is 3.25. The molecule has 128 valence electrons. The van der Waals surface area contributed by atoms with E-state index in [-0.39, 0.29) is 5.57 Å². The number of nitriles is 1. The van der Waals surface area contributed by atoms with Gasteiger partial charge in [-0.05, 0) is 36.4 Å². The van der Waals surface area contributed by atoms with E-state index in [1.807, 2.05) is 6.07 Å². The first-order valence-electron chi connectivity index (χ1n) is 7.23. The lowest BCUT2D eigenvalue weighted by molar-refractivity contribution is -0.112. The first kappa shape index (κ1) is 18.4. The van der Waals surface area contributed by atoms with Crippen molar-refractivity contribution in [3.05, 3.63) is 58.7 Å². The first-order valence-corrected chi connectivity index (χ1v) is 8.02. The van der Waals surface area contributed by atoms with Gasteiger partial charge in [0.15, 0.2) is 0 Å². The van der Waals surface area contributed by atoms with Gasteiger partial charge in [0, 0.05) is 22.4 Å². The SMILES string of the molecule is COc1ccc(OC)c(N/C=C(/C#N)C(=O)Nc2ccc(Br)cc2)c1. The van der Waals surface area contributed by atoms with Gasteiger partial charge in [-0.3, -0.25) is 4.79 Å². The van der Waals surface area contributed by atoms with Crippen molar-refractivity contribution in [1.29, 1.82) is 5.26 Å². The van der Waals surface area contributed by atoms with Crippen LogP contribution in [0.1, 0.15) is 0 Å². The zero-order valence-electron chi connectivity index (χ0n) is 13.7.